The molecule has 11 nitrogen and oxygen atoms in total. The third-order valence-electron chi connectivity index (χ3n) is 8.10. The smallest absolute Gasteiger partial charge is 0.419 e. The van der Waals surface area contributed by atoms with Crippen LogP contribution in [0.25, 0.3) is 11.3 Å². The number of alkyl halides is 3. The highest BCUT2D eigenvalue weighted by atomic mass is 32.1. The molecule has 242 valence electrons. The van der Waals surface area contributed by atoms with E-state index in [-0.39, 0.29) is 34.1 Å². The van der Waals surface area contributed by atoms with Gasteiger partial charge in [0.15, 0.2) is 5.13 Å². The normalized spacial score (nSPS) is 17.9. The van der Waals surface area contributed by atoms with E-state index in [0.717, 1.165) is 25.5 Å². The van der Waals surface area contributed by atoms with E-state index in [2.05, 4.69) is 25.2 Å². The lowest BCUT2D eigenvalue weighted by Crippen LogP contribution is -2.36. The molecule has 1 unspecified atom stereocenters. The highest BCUT2D eigenvalue weighted by Crippen LogP contribution is 2.41. The van der Waals surface area contributed by atoms with Gasteiger partial charge < -0.3 is 19.5 Å². The number of methoxy groups -OCH3 is 1. The largest absolute Gasteiger partial charge is 0.496 e. The van der Waals surface area contributed by atoms with Gasteiger partial charge in [0.25, 0.3) is 5.91 Å². The van der Waals surface area contributed by atoms with Crippen molar-refractivity contribution in [1.82, 2.24) is 19.9 Å². The summed E-state index contributed by atoms with van der Waals surface area (Å²) in [6.07, 6.45) is 1.09. The van der Waals surface area contributed by atoms with Crippen LogP contribution in [-0.2, 0) is 22.3 Å². The summed E-state index contributed by atoms with van der Waals surface area (Å²) in [7, 11) is 1.19. The summed E-state index contributed by atoms with van der Waals surface area (Å²) in [5.41, 5.74) is -0.273. The number of anilines is 2. The lowest BCUT2D eigenvalue weighted by Gasteiger charge is -2.30. The van der Waals surface area contributed by atoms with Gasteiger partial charge in [0.1, 0.15) is 17.3 Å². The van der Waals surface area contributed by atoms with Crippen molar-refractivity contribution in [3.63, 3.8) is 0 Å². The van der Waals surface area contributed by atoms with Gasteiger partial charge in [-0.15, -0.1) is 0 Å². The number of rotatable bonds is 11. The molecule has 0 spiro atoms. The molecule has 1 amide bonds. The second-order valence-electron chi connectivity index (χ2n) is 10.9. The maximum Gasteiger partial charge on any atom is 0.419 e. The molecule has 1 aromatic carbocycles. The Morgan fingerprint density at radius 3 is 2.56 bits per heavy atom. The summed E-state index contributed by atoms with van der Waals surface area (Å²) >= 11 is 1.20. The summed E-state index contributed by atoms with van der Waals surface area (Å²) in [6.45, 7) is 5.35. The number of nitrogens with zero attached hydrogens (tertiary/aromatic N) is 5. The molecule has 0 saturated carbocycles. The molecular formula is C30H35F3N6O5S. The van der Waals surface area contributed by atoms with Gasteiger partial charge in [-0.2, -0.15) is 13.2 Å². The molecule has 1 atom stereocenters. The van der Waals surface area contributed by atoms with Crippen molar-refractivity contribution in [3.05, 3.63) is 46.7 Å². The predicted molar refractivity (Wildman–Crippen MR) is 162 cm³/mol. The zero-order chi connectivity index (χ0) is 32.1. The number of aromatic nitrogens is 3. The maximum atomic E-state index is 13.9. The molecule has 15 heteroatoms. The number of hydrogen-bond acceptors (Lipinski definition) is 10. The van der Waals surface area contributed by atoms with Gasteiger partial charge in [-0.25, -0.2) is 15.0 Å². The molecule has 2 saturated heterocycles. The first-order valence-corrected chi connectivity index (χ1v) is 15.6. The van der Waals surface area contributed by atoms with Crippen LogP contribution in [0.5, 0.6) is 5.75 Å². The Morgan fingerprint density at radius 1 is 1.13 bits per heavy atom. The van der Waals surface area contributed by atoms with Crippen LogP contribution >= 0.6 is 11.3 Å². The summed E-state index contributed by atoms with van der Waals surface area (Å²) in [5, 5.41) is 12.2. The number of halogens is 3. The third-order valence-corrected chi connectivity index (χ3v) is 9.05. The second kappa shape index (κ2) is 14.1. The minimum atomic E-state index is -4.64. The van der Waals surface area contributed by atoms with Gasteiger partial charge in [-0.3, -0.25) is 19.8 Å². The van der Waals surface area contributed by atoms with Crippen molar-refractivity contribution in [2.45, 2.75) is 51.4 Å². The molecule has 5 rings (SSSR count). The molecule has 0 aliphatic carbocycles. The highest BCUT2D eigenvalue weighted by Gasteiger charge is 2.35. The standard InChI is InChI=1S/C30H35F3N6O5S/c1-3-44-17-20-5-4-10-39(20)16-24-26(19-6-7-23(43-2)21(13-19)30(31,32)33)36-29(45-24)37-27(40)22-14-35-25(15-34-22)38-11-8-18(9-12-38)28(41)42/h6-7,13-15,18,20H,3-5,8-12,16-17H2,1-2H3,(H,41,42)(H,36,37,40). The van der Waals surface area contributed by atoms with Crippen molar-refractivity contribution in [2.75, 3.05) is 50.2 Å². The summed E-state index contributed by atoms with van der Waals surface area (Å²) in [6, 6.07) is 4.00. The highest BCUT2D eigenvalue weighted by molar-refractivity contribution is 7.16. The van der Waals surface area contributed by atoms with Gasteiger partial charge >= 0.3 is 12.1 Å². The zero-order valence-electron chi connectivity index (χ0n) is 25.0. The average Bonchev–Trinajstić information content (AvgIpc) is 3.65. The van der Waals surface area contributed by atoms with Gasteiger partial charge in [-0.05, 0) is 57.4 Å². The topological polar surface area (TPSA) is 130 Å². The molecule has 0 radical (unpaired) electrons. The number of hydrogen-bond donors (Lipinski definition) is 2. The van der Waals surface area contributed by atoms with Crippen LogP contribution in [0.4, 0.5) is 24.1 Å². The van der Waals surface area contributed by atoms with Crippen LogP contribution in [0.2, 0.25) is 0 Å². The van der Waals surface area contributed by atoms with Crippen LogP contribution in [0.1, 0.15) is 53.5 Å². The minimum Gasteiger partial charge on any atom is -0.496 e. The summed E-state index contributed by atoms with van der Waals surface area (Å²) < 4.78 is 52.2. The average molecular weight is 649 g/mol. The Bertz CT molecular complexity index is 1490. The number of carbonyl (C=O) groups excluding carboxylic acids is 1. The Kier molecular flexibility index (Phi) is 10.2. The zero-order valence-corrected chi connectivity index (χ0v) is 25.8. The lowest BCUT2D eigenvalue weighted by atomic mass is 9.97. The van der Waals surface area contributed by atoms with E-state index >= 15 is 0 Å². The first-order valence-electron chi connectivity index (χ1n) is 14.8. The first-order chi connectivity index (χ1) is 21.6. The molecule has 2 aromatic heterocycles. The molecule has 45 heavy (non-hydrogen) atoms. The SMILES string of the molecule is CCOCC1CCCN1Cc1sc(NC(=O)c2cnc(N3CCC(C(=O)O)CC3)cn2)nc1-c1ccc(OC)c(C(F)(F)F)c1. The minimum absolute atomic E-state index is 0.0394. The van der Waals surface area contributed by atoms with E-state index in [1.807, 2.05) is 11.8 Å². The van der Waals surface area contributed by atoms with Gasteiger partial charge in [0.05, 0.1) is 43.3 Å². The number of likely N-dealkylation sites (tertiary alicyclic amines) is 1. The number of carboxylic acid groups (broad SMARTS) is 1. The molecule has 2 fully saturated rings. The predicted octanol–water partition coefficient (Wildman–Crippen LogP) is 5.18. The number of carboxylic acids is 1. The van der Waals surface area contributed by atoms with Crippen molar-refractivity contribution < 1.29 is 37.3 Å². The Morgan fingerprint density at radius 2 is 1.91 bits per heavy atom. The quantitative estimate of drug-likeness (QED) is 0.287. The Labute approximate surface area is 262 Å². The summed E-state index contributed by atoms with van der Waals surface area (Å²) in [4.78, 5) is 42.4. The van der Waals surface area contributed by atoms with Crippen LogP contribution < -0.4 is 15.0 Å². The van der Waals surface area contributed by atoms with Crippen molar-refractivity contribution in [2.24, 2.45) is 5.92 Å². The molecule has 0 bridgehead atoms. The van der Waals surface area contributed by atoms with Crippen molar-refractivity contribution >= 4 is 34.2 Å². The van der Waals surface area contributed by atoms with E-state index in [0.29, 0.717) is 62.1 Å². The van der Waals surface area contributed by atoms with Crippen LogP contribution in [-0.4, -0.2) is 82.8 Å². The van der Waals surface area contributed by atoms with Crippen LogP contribution in [0.3, 0.4) is 0 Å². The first kappa shape index (κ1) is 32.6. The molecule has 2 aliphatic rings. The van der Waals surface area contributed by atoms with E-state index in [4.69, 9.17) is 9.47 Å². The number of piperidine rings is 1. The molecule has 3 aromatic rings. The molecular weight excluding hydrogens is 613 g/mol. The fraction of sp³-hybridized carbons (Fsp3) is 0.500. The third kappa shape index (κ3) is 7.71. The lowest BCUT2D eigenvalue weighted by molar-refractivity contribution is -0.142. The van der Waals surface area contributed by atoms with Crippen molar-refractivity contribution in [1.29, 1.82) is 0 Å². The fourth-order valence-corrected chi connectivity index (χ4v) is 6.67. The molecule has 4 heterocycles. The van der Waals surface area contributed by atoms with Gasteiger partial charge in [0, 0.05) is 42.7 Å². The number of amides is 1. The maximum absolute atomic E-state index is 13.9. The number of ether oxygens (including phenoxy) is 2. The number of aliphatic carboxylic acids is 1. The molecule has 2 N–H and O–H groups in total. The molecule has 2 aliphatic heterocycles. The van der Waals surface area contributed by atoms with Crippen LogP contribution in [0.15, 0.2) is 30.6 Å². The number of nitrogens with one attached hydrogen (secondary N) is 1. The number of thiazole rings is 1. The van der Waals surface area contributed by atoms with E-state index in [1.54, 1.807) is 0 Å². The number of benzene rings is 1. The van der Waals surface area contributed by atoms with Gasteiger partial charge in [0.2, 0.25) is 0 Å². The Hall–Kier alpha value is -3.82. The van der Waals surface area contributed by atoms with Gasteiger partial charge in [-0.1, -0.05) is 11.3 Å². The van der Waals surface area contributed by atoms with E-state index in [9.17, 15) is 27.9 Å². The van der Waals surface area contributed by atoms with Crippen LogP contribution in [0, 0.1) is 5.92 Å². The van der Waals surface area contributed by atoms with E-state index < -0.39 is 23.6 Å². The number of carbonyl (C=O) groups is 2. The fourth-order valence-electron chi connectivity index (χ4n) is 5.66. The second-order valence-corrected chi connectivity index (χ2v) is 12.0. The Balaban J connectivity index is 1.38. The summed E-state index contributed by atoms with van der Waals surface area (Å²) in [5.74, 6) is -1.50. The van der Waals surface area contributed by atoms with Crippen molar-refractivity contribution in [3.8, 4) is 17.0 Å². The monoisotopic (exact) mass is 648 g/mol. The van der Waals surface area contributed by atoms with E-state index in [1.165, 1.54) is 43.0 Å².